The first-order valence-corrected chi connectivity index (χ1v) is 7.50. The van der Waals surface area contributed by atoms with E-state index in [2.05, 4.69) is 20.4 Å². The van der Waals surface area contributed by atoms with Crippen LogP contribution in [-0.4, -0.2) is 29.7 Å². The number of ether oxygens (including phenoxy) is 1. The van der Waals surface area contributed by atoms with E-state index in [1.54, 1.807) is 31.2 Å². The summed E-state index contributed by atoms with van der Waals surface area (Å²) < 4.78 is 40.8. The predicted octanol–water partition coefficient (Wildman–Crippen LogP) is 3.33. The number of amides is 1. The van der Waals surface area contributed by atoms with Gasteiger partial charge >= 0.3 is 6.18 Å². The molecule has 6 nitrogen and oxygen atoms in total. The van der Waals surface area contributed by atoms with Crippen LogP contribution in [0.25, 0.3) is 0 Å². The van der Waals surface area contributed by atoms with Crippen molar-refractivity contribution in [1.82, 2.24) is 4.98 Å². The van der Waals surface area contributed by atoms with Gasteiger partial charge in [-0.15, -0.1) is 0 Å². The molecule has 26 heavy (non-hydrogen) atoms. The number of aromatic nitrogens is 1. The highest BCUT2D eigenvalue weighted by Crippen LogP contribution is 2.18. The molecule has 0 saturated heterocycles. The maximum Gasteiger partial charge on any atom is 0.422 e. The van der Waals surface area contributed by atoms with Crippen molar-refractivity contribution in [2.45, 2.75) is 19.1 Å². The summed E-state index contributed by atoms with van der Waals surface area (Å²) in [6, 6.07) is 10.5. The van der Waals surface area contributed by atoms with E-state index in [0.717, 1.165) is 0 Å². The number of nitriles is 1. The minimum Gasteiger partial charge on any atom is -0.468 e. The summed E-state index contributed by atoms with van der Waals surface area (Å²) in [4.78, 5) is 15.9. The number of rotatable bonds is 6. The molecular formula is C17H15F3N4O2. The van der Waals surface area contributed by atoms with Crippen molar-refractivity contribution in [2.24, 2.45) is 0 Å². The van der Waals surface area contributed by atoms with Crippen molar-refractivity contribution >= 4 is 17.3 Å². The van der Waals surface area contributed by atoms with E-state index in [9.17, 15) is 18.0 Å². The summed E-state index contributed by atoms with van der Waals surface area (Å²) in [5.74, 6) is -0.518. The second-order valence-corrected chi connectivity index (χ2v) is 5.34. The van der Waals surface area contributed by atoms with Gasteiger partial charge in [0.05, 0.1) is 23.5 Å². The van der Waals surface area contributed by atoms with Crippen LogP contribution in [0.3, 0.4) is 0 Å². The fraction of sp³-hybridized carbons (Fsp3) is 0.235. The molecule has 0 aliphatic heterocycles. The summed E-state index contributed by atoms with van der Waals surface area (Å²) in [7, 11) is 0. The molecule has 1 amide bonds. The average molecular weight is 364 g/mol. The summed E-state index contributed by atoms with van der Waals surface area (Å²) in [5.41, 5.74) is 1.34. The Morgan fingerprint density at radius 2 is 2.08 bits per heavy atom. The smallest absolute Gasteiger partial charge is 0.422 e. The molecule has 9 heteroatoms. The highest BCUT2D eigenvalue weighted by molar-refractivity contribution is 5.96. The fourth-order valence-electron chi connectivity index (χ4n) is 1.94. The van der Waals surface area contributed by atoms with Crippen LogP contribution in [0.5, 0.6) is 5.88 Å². The molecular weight excluding hydrogens is 349 g/mol. The van der Waals surface area contributed by atoms with Gasteiger partial charge in [0.15, 0.2) is 6.61 Å². The lowest BCUT2D eigenvalue weighted by atomic mass is 10.2. The SMILES string of the molecule is CC(Nc1ccc(OCC(F)(F)F)nc1)C(=O)Nc1cccc(C#N)c1. The molecule has 2 aromatic rings. The third kappa shape index (κ3) is 5.98. The minimum atomic E-state index is -4.44. The highest BCUT2D eigenvalue weighted by atomic mass is 19.4. The number of hydrogen-bond donors (Lipinski definition) is 2. The number of carbonyl (C=O) groups excluding carboxylic acids is 1. The summed E-state index contributed by atoms with van der Waals surface area (Å²) in [6.07, 6.45) is -3.17. The van der Waals surface area contributed by atoms with Gasteiger partial charge in [-0.2, -0.15) is 18.4 Å². The zero-order valence-corrected chi connectivity index (χ0v) is 13.7. The van der Waals surface area contributed by atoms with Crippen molar-refractivity contribution < 1.29 is 22.7 Å². The Balaban J connectivity index is 1.91. The van der Waals surface area contributed by atoms with Gasteiger partial charge in [0.2, 0.25) is 11.8 Å². The number of benzene rings is 1. The second-order valence-electron chi connectivity index (χ2n) is 5.34. The van der Waals surface area contributed by atoms with Gasteiger partial charge in [-0.1, -0.05) is 6.07 Å². The van der Waals surface area contributed by atoms with Crippen LogP contribution in [0, 0.1) is 11.3 Å². The van der Waals surface area contributed by atoms with Crippen LogP contribution in [0.1, 0.15) is 12.5 Å². The Morgan fingerprint density at radius 3 is 2.69 bits per heavy atom. The molecule has 0 fully saturated rings. The van der Waals surface area contributed by atoms with Crippen molar-refractivity contribution in [3.8, 4) is 11.9 Å². The van der Waals surface area contributed by atoms with Gasteiger partial charge in [0, 0.05) is 11.8 Å². The molecule has 2 rings (SSSR count). The van der Waals surface area contributed by atoms with Gasteiger partial charge in [-0.25, -0.2) is 4.98 Å². The second kappa shape index (κ2) is 8.20. The summed E-state index contributed by atoms with van der Waals surface area (Å²) in [6.45, 7) is 0.185. The lowest BCUT2D eigenvalue weighted by molar-refractivity contribution is -0.154. The predicted molar refractivity (Wildman–Crippen MR) is 88.7 cm³/mol. The van der Waals surface area contributed by atoms with Crippen LogP contribution in [0.4, 0.5) is 24.5 Å². The Morgan fingerprint density at radius 1 is 1.31 bits per heavy atom. The van der Waals surface area contributed by atoms with Crippen molar-refractivity contribution in [1.29, 1.82) is 5.26 Å². The Hall–Kier alpha value is -3.28. The van der Waals surface area contributed by atoms with Crippen molar-refractivity contribution in [3.63, 3.8) is 0 Å². The van der Waals surface area contributed by atoms with E-state index in [1.807, 2.05) is 6.07 Å². The topological polar surface area (TPSA) is 87.0 Å². The largest absolute Gasteiger partial charge is 0.468 e. The number of halogens is 3. The summed E-state index contributed by atoms with van der Waals surface area (Å²) >= 11 is 0. The van der Waals surface area contributed by atoms with E-state index in [-0.39, 0.29) is 11.8 Å². The van der Waals surface area contributed by atoms with E-state index < -0.39 is 18.8 Å². The van der Waals surface area contributed by atoms with E-state index in [0.29, 0.717) is 16.9 Å². The number of nitrogens with one attached hydrogen (secondary N) is 2. The van der Waals surface area contributed by atoms with Crippen molar-refractivity contribution in [3.05, 3.63) is 48.2 Å². The lowest BCUT2D eigenvalue weighted by Gasteiger charge is -2.15. The normalized spacial score (nSPS) is 12.0. The highest BCUT2D eigenvalue weighted by Gasteiger charge is 2.28. The Labute approximate surface area is 147 Å². The maximum absolute atomic E-state index is 12.2. The summed E-state index contributed by atoms with van der Waals surface area (Å²) in [5, 5.41) is 14.4. The molecule has 1 aromatic carbocycles. The first-order valence-electron chi connectivity index (χ1n) is 7.50. The van der Waals surface area contributed by atoms with E-state index >= 15 is 0 Å². The van der Waals surface area contributed by atoms with Crippen LogP contribution in [0.15, 0.2) is 42.6 Å². The molecule has 0 radical (unpaired) electrons. The first-order chi connectivity index (χ1) is 12.3. The van der Waals surface area contributed by atoms with Gasteiger partial charge in [-0.05, 0) is 31.2 Å². The number of pyridine rings is 1. The maximum atomic E-state index is 12.2. The number of nitrogens with zero attached hydrogens (tertiary/aromatic N) is 2. The van der Waals surface area contributed by atoms with Crippen LogP contribution < -0.4 is 15.4 Å². The Kier molecular flexibility index (Phi) is 6.01. The Bertz CT molecular complexity index is 801. The van der Waals surface area contributed by atoms with Crippen molar-refractivity contribution in [2.75, 3.05) is 17.2 Å². The molecule has 0 spiro atoms. The van der Waals surface area contributed by atoms with E-state index in [1.165, 1.54) is 18.3 Å². The number of hydrogen-bond acceptors (Lipinski definition) is 5. The average Bonchev–Trinajstić information content (AvgIpc) is 2.60. The van der Waals surface area contributed by atoms with E-state index in [4.69, 9.17) is 5.26 Å². The number of carbonyl (C=O) groups is 1. The van der Waals surface area contributed by atoms with Crippen LogP contribution in [0.2, 0.25) is 0 Å². The molecule has 1 unspecified atom stereocenters. The number of anilines is 2. The molecule has 136 valence electrons. The molecule has 0 bridgehead atoms. The first kappa shape index (κ1) is 19.1. The molecule has 0 aliphatic rings. The third-order valence-corrected chi connectivity index (χ3v) is 3.16. The molecule has 1 heterocycles. The van der Waals surface area contributed by atoms with Gasteiger partial charge in [0.1, 0.15) is 6.04 Å². The molecule has 1 atom stereocenters. The molecule has 0 saturated carbocycles. The van der Waals surface area contributed by atoms with Crippen LogP contribution in [-0.2, 0) is 4.79 Å². The number of alkyl halides is 3. The molecule has 2 N–H and O–H groups in total. The van der Waals surface area contributed by atoms with Gasteiger partial charge in [0.25, 0.3) is 0 Å². The third-order valence-electron chi connectivity index (χ3n) is 3.16. The lowest BCUT2D eigenvalue weighted by Crippen LogP contribution is -2.31. The zero-order valence-electron chi connectivity index (χ0n) is 13.7. The molecule has 1 aromatic heterocycles. The standard InChI is InChI=1S/C17H15F3N4O2/c1-11(16(25)24-13-4-2-3-12(7-13)8-21)23-14-5-6-15(22-9-14)26-10-17(18,19)20/h2-7,9,11,23H,10H2,1H3,(H,24,25). The zero-order chi connectivity index (χ0) is 19.2. The van der Waals surface area contributed by atoms with Crippen LogP contribution >= 0.6 is 0 Å². The minimum absolute atomic E-state index is 0.168. The van der Waals surface area contributed by atoms with Gasteiger partial charge in [-0.3, -0.25) is 4.79 Å². The monoisotopic (exact) mass is 364 g/mol. The molecule has 0 aliphatic carbocycles. The van der Waals surface area contributed by atoms with Gasteiger partial charge < -0.3 is 15.4 Å². The fourth-order valence-corrected chi connectivity index (χ4v) is 1.94. The quantitative estimate of drug-likeness (QED) is 0.821.